The minimum absolute atomic E-state index is 0.156. The van der Waals surface area contributed by atoms with E-state index in [1.54, 1.807) is 6.07 Å². The van der Waals surface area contributed by atoms with Crippen molar-refractivity contribution < 1.29 is 4.39 Å². The molecule has 1 atom stereocenters. The normalized spacial score (nSPS) is 18.6. The standard InChI is InChI=1S/C13H18FN/c1-9-5-6-12(14)7-11(9)8-13(15)10-3-2-4-10/h5-7,10,13H,2-4,8,15H2,1H3. The molecule has 0 radical (unpaired) electrons. The van der Waals surface area contributed by atoms with Gasteiger partial charge in [-0.05, 0) is 55.4 Å². The lowest BCUT2D eigenvalue weighted by atomic mass is 9.78. The first-order chi connectivity index (χ1) is 7.16. The first-order valence-electron chi connectivity index (χ1n) is 5.67. The van der Waals surface area contributed by atoms with Crippen molar-refractivity contribution in [3.63, 3.8) is 0 Å². The first-order valence-corrected chi connectivity index (χ1v) is 5.67. The lowest BCUT2D eigenvalue weighted by Crippen LogP contribution is -2.36. The smallest absolute Gasteiger partial charge is 0.123 e. The molecule has 1 aliphatic rings. The molecule has 2 heteroatoms. The second-order valence-electron chi connectivity index (χ2n) is 4.63. The summed E-state index contributed by atoms with van der Waals surface area (Å²) in [6, 6.07) is 5.17. The Labute approximate surface area is 90.5 Å². The van der Waals surface area contributed by atoms with Crippen molar-refractivity contribution in [2.45, 2.75) is 38.6 Å². The van der Waals surface area contributed by atoms with Crippen LogP contribution in [0, 0.1) is 18.7 Å². The van der Waals surface area contributed by atoms with E-state index in [0.29, 0.717) is 5.92 Å². The van der Waals surface area contributed by atoms with E-state index in [-0.39, 0.29) is 11.9 Å². The minimum Gasteiger partial charge on any atom is -0.327 e. The average molecular weight is 207 g/mol. The summed E-state index contributed by atoms with van der Waals surface area (Å²) < 4.78 is 13.1. The van der Waals surface area contributed by atoms with Crippen molar-refractivity contribution in [3.8, 4) is 0 Å². The Kier molecular flexibility index (Phi) is 3.06. The van der Waals surface area contributed by atoms with Gasteiger partial charge in [0.1, 0.15) is 5.82 Å². The number of nitrogens with two attached hydrogens (primary N) is 1. The van der Waals surface area contributed by atoms with Crippen LogP contribution in [0.25, 0.3) is 0 Å². The molecule has 0 heterocycles. The largest absolute Gasteiger partial charge is 0.327 e. The van der Waals surface area contributed by atoms with Crippen molar-refractivity contribution in [2.75, 3.05) is 0 Å². The number of aryl methyl sites for hydroxylation is 1. The Hall–Kier alpha value is -0.890. The lowest BCUT2D eigenvalue weighted by Gasteiger charge is -2.31. The summed E-state index contributed by atoms with van der Waals surface area (Å²) in [5.41, 5.74) is 8.32. The quantitative estimate of drug-likeness (QED) is 0.810. The van der Waals surface area contributed by atoms with Gasteiger partial charge in [-0.1, -0.05) is 12.5 Å². The summed E-state index contributed by atoms with van der Waals surface area (Å²) in [7, 11) is 0. The minimum atomic E-state index is -0.156. The van der Waals surface area contributed by atoms with Gasteiger partial charge in [-0.15, -0.1) is 0 Å². The molecule has 15 heavy (non-hydrogen) atoms. The Morgan fingerprint density at radius 1 is 1.47 bits per heavy atom. The molecule has 0 saturated heterocycles. The van der Waals surface area contributed by atoms with Crippen LogP contribution in [-0.4, -0.2) is 6.04 Å². The second-order valence-corrected chi connectivity index (χ2v) is 4.63. The summed E-state index contributed by atoms with van der Waals surface area (Å²) in [5, 5.41) is 0. The molecule has 1 nitrogen and oxygen atoms in total. The number of rotatable bonds is 3. The van der Waals surface area contributed by atoms with Crippen LogP contribution in [0.15, 0.2) is 18.2 Å². The maximum Gasteiger partial charge on any atom is 0.123 e. The number of benzene rings is 1. The fourth-order valence-electron chi connectivity index (χ4n) is 2.15. The summed E-state index contributed by atoms with van der Waals surface area (Å²) >= 11 is 0. The summed E-state index contributed by atoms with van der Waals surface area (Å²) in [6.45, 7) is 2.02. The molecule has 82 valence electrons. The monoisotopic (exact) mass is 207 g/mol. The van der Waals surface area contributed by atoms with Crippen LogP contribution in [0.3, 0.4) is 0 Å². The van der Waals surface area contributed by atoms with Crippen LogP contribution >= 0.6 is 0 Å². The Morgan fingerprint density at radius 2 is 2.20 bits per heavy atom. The van der Waals surface area contributed by atoms with E-state index in [0.717, 1.165) is 17.5 Å². The van der Waals surface area contributed by atoms with Gasteiger partial charge in [-0.3, -0.25) is 0 Å². The molecular weight excluding hydrogens is 189 g/mol. The summed E-state index contributed by atoms with van der Waals surface area (Å²) in [6.07, 6.45) is 4.61. The van der Waals surface area contributed by atoms with Gasteiger partial charge in [0, 0.05) is 6.04 Å². The van der Waals surface area contributed by atoms with Crippen molar-refractivity contribution in [3.05, 3.63) is 35.1 Å². The predicted molar refractivity (Wildman–Crippen MR) is 60.2 cm³/mol. The molecule has 0 aromatic heterocycles. The molecule has 1 aromatic rings. The Bertz CT molecular complexity index is 344. The van der Waals surface area contributed by atoms with Gasteiger partial charge in [0.05, 0.1) is 0 Å². The molecule has 1 fully saturated rings. The van der Waals surface area contributed by atoms with Crippen molar-refractivity contribution >= 4 is 0 Å². The predicted octanol–water partition coefficient (Wildman–Crippen LogP) is 2.80. The fraction of sp³-hybridized carbons (Fsp3) is 0.538. The highest BCUT2D eigenvalue weighted by atomic mass is 19.1. The molecule has 0 bridgehead atoms. The number of halogens is 1. The summed E-state index contributed by atoms with van der Waals surface area (Å²) in [5.74, 6) is 0.504. The third-order valence-corrected chi connectivity index (χ3v) is 3.52. The number of hydrogen-bond acceptors (Lipinski definition) is 1. The fourth-order valence-corrected chi connectivity index (χ4v) is 2.15. The van der Waals surface area contributed by atoms with E-state index in [4.69, 9.17) is 5.73 Å². The molecule has 1 unspecified atom stereocenters. The maximum atomic E-state index is 13.1. The molecule has 0 spiro atoms. The van der Waals surface area contributed by atoms with E-state index < -0.39 is 0 Å². The van der Waals surface area contributed by atoms with Crippen LogP contribution in [0.2, 0.25) is 0 Å². The highest BCUT2D eigenvalue weighted by molar-refractivity contribution is 5.27. The average Bonchev–Trinajstić information content (AvgIpc) is 2.08. The first kappa shape index (κ1) is 10.6. The highest BCUT2D eigenvalue weighted by Gasteiger charge is 2.24. The van der Waals surface area contributed by atoms with Gasteiger partial charge < -0.3 is 5.73 Å². The van der Waals surface area contributed by atoms with E-state index in [1.807, 2.05) is 13.0 Å². The van der Waals surface area contributed by atoms with Gasteiger partial charge in [0.15, 0.2) is 0 Å². The SMILES string of the molecule is Cc1ccc(F)cc1CC(N)C1CCC1. The Balaban J connectivity index is 2.05. The zero-order chi connectivity index (χ0) is 10.8. The van der Waals surface area contributed by atoms with Gasteiger partial charge >= 0.3 is 0 Å². The molecular formula is C13H18FN. The Morgan fingerprint density at radius 3 is 2.80 bits per heavy atom. The maximum absolute atomic E-state index is 13.1. The molecule has 2 rings (SSSR count). The van der Waals surface area contributed by atoms with Crippen LogP contribution in [0.5, 0.6) is 0 Å². The third-order valence-electron chi connectivity index (χ3n) is 3.52. The molecule has 0 amide bonds. The van der Waals surface area contributed by atoms with Crippen molar-refractivity contribution in [2.24, 2.45) is 11.7 Å². The van der Waals surface area contributed by atoms with E-state index >= 15 is 0 Å². The topological polar surface area (TPSA) is 26.0 Å². The van der Waals surface area contributed by atoms with Gasteiger partial charge in [-0.2, -0.15) is 0 Å². The van der Waals surface area contributed by atoms with Crippen LogP contribution in [-0.2, 0) is 6.42 Å². The summed E-state index contributed by atoms with van der Waals surface area (Å²) in [4.78, 5) is 0. The van der Waals surface area contributed by atoms with Crippen LogP contribution in [0.1, 0.15) is 30.4 Å². The molecule has 2 N–H and O–H groups in total. The van der Waals surface area contributed by atoms with Crippen molar-refractivity contribution in [1.29, 1.82) is 0 Å². The van der Waals surface area contributed by atoms with E-state index in [2.05, 4.69) is 0 Å². The molecule has 1 aliphatic carbocycles. The van der Waals surface area contributed by atoms with E-state index in [9.17, 15) is 4.39 Å². The van der Waals surface area contributed by atoms with Gasteiger partial charge in [-0.25, -0.2) is 4.39 Å². The third kappa shape index (κ3) is 2.37. The van der Waals surface area contributed by atoms with Gasteiger partial charge in [0.25, 0.3) is 0 Å². The molecule has 1 saturated carbocycles. The number of hydrogen-bond donors (Lipinski definition) is 1. The lowest BCUT2D eigenvalue weighted by molar-refractivity contribution is 0.260. The van der Waals surface area contributed by atoms with Crippen LogP contribution < -0.4 is 5.73 Å². The van der Waals surface area contributed by atoms with Crippen LogP contribution in [0.4, 0.5) is 4.39 Å². The zero-order valence-corrected chi connectivity index (χ0v) is 9.17. The van der Waals surface area contributed by atoms with Crippen molar-refractivity contribution in [1.82, 2.24) is 0 Å². The molecule has 0 aliphatic heterocycles. The highest BCUT2D eigenvalue weighted by Crippen LogP contribution is 2.30. The second kappa shape index (κ2) is 4.31. The van der Waals surface area contributed by atoms with E-state index in [1.165, 1.54) is 25.3 Å². The zero-order valence-electron chi connectivity index (χ0n) is 9.17. The molecule has 1 aromatic carbocycles. The van der Waals surface area contributed by atoms with Gasteiger partial charge in [0.2, 0.25) is 0 Å².